The van der Waals surface area contributed by atoms with Gasteiger partial charge in [-0.15, -0.1) is 0 Å². The van der Waals surface area contributed by atoms with Crippen LogP contribution in [0.5, 0.6) is 0 Å². The van der Waals surface area contributed by atoms with Crippen LogP contribution in [-0.4, -0.2) is 62.7 Å². The van der Waals surface area contributed by atoms with Crippen molar-refractivity contribution in [2.75, 3.05) is 19.6 Å². The highest BCUT2D eigenvalue weighted by Crippen LogP contribution is 2.29. The summed E-state index contributed by atoms with van der Waals surface area (Å²) in [7, 11) is 0. The Labute approximate surface area is 144 Å². The number of rotatable bonds is 1. The fourth-order valence-electron chi connectivity index (χ4n) is 2.99. The first kappa shape index (κ1) is 17.6. The molecule has 0 radical (unpaired) electrons. The number of nitrogens with zero attached hydrogens (tertiary/aromatic N) is 4. The molecule has 0 aliphatic carbocycles. The van der Waals surface area contributed by atoms with E-state index < -0.39 is 30.1 Å². The van der Waals surface area contributed by atoms with Crippen LogP contribution in [0.2, 0.25) is 0 Å². The molecule has 2 aliphatic heterocycles. The topological polar surface area (TPSA) is 67.7 Å². The lowest BCUT2D eigenvalue weighted by atomic mass is 10.2. The minimum atomic E-state index is -2.84. The van der Waals surface area contributed by atoms with E-state index in [9.17, 15) is 18.4 Å². The van der Waals surface area contributed by atoms with Gasteiger partial charge in [0, 0.05) is 19.5 Å². The van der Waals surface area contributed by atoms with E-state index in [4.69, 9.17) is 4.74 Å². The Morgan fingerprint density at radius 3 is 2.52 bits per heavy atom. The van der Waals surface area contributed by atoms with Gasteiger partial charge >= 0.3 is 6.09 Å². The summed E-state index contributed by atoms with van der Waals surface area (Å²) in [4.78, 5) is 27.5. The van der Waals surface area contributed by atoms with Gasteiger partial charge in [-0.3, -0.25) is 9.48 Å². The number of ether oxygens (including phenoxy) is 1. The standard InChI is InChI=1S/C16H22F2N4O3/c1-15(2,3)25-14(24)20-6-7-22-12(9-20)11(8-19-22)13(23)21-5-4-16(17,18)10-21/h8H,4-7,9-10H2,1-3H3. The molecule has 3 heterocycles. The van der Waals surface area contributed by atoms with Crippen molar-refractivity contribution in [3.63, 3.8) is 0 Å². The van der Waals surface area contributed by atoms with E-state index in [1.807, 2.05) is 0 Å². The molecule has 1 aromatic rings. The highest BCUT2D eigenvalue weighted by molar-refractivity contribution is 5.95. The number of amides is 2. The monoisotopic (exact) mass is 356 g/mol. The fourth-order valence-corrected chi connectivity index (χ4v) is 2.99. The number of fused-ring (bicyclic) bond motifs is 1. The van der Waals surface area contributed by atoms with Crippen molar-refractivity contribution in [3.05, 3.63) is 17.5 Å². The molecule has 25 heavy (non-hydrogen) atoms. The number of carbonyl (C=O) groups is 2. The molecule has 0 atom stereocenters. The first-order chi connectivity index (χ1) is 11.6. The molecule has 1 fully saturated rings. The predicted molar refractivity (Wildman–Crippen MR) is 84.3 cm³/mol. The van der Waals surface area contributed by atoms with Crippen molar-refractivity contribution in [2.24, 2.45) is 0 Å². The third-order valence-electron chi connectivity index (χ3n) is 4.21. The second-order valence-corrected chi connectivity index (χ2v) is 7.46. The summed E-state index contributed by atoms with van der Waals surface area (Å²) < 4.78 is 33.8. The van der Waals surface area contributed by atoms with E-state index in [2.05, 4.69) is 5.10 Å². The first-order valence-electron chi connectivity index (χ1n) is 8.25. The Morgan fingerprint density at radius 1 is 1.20 bits per heavy atom. The highest BCUT2D eigenvalue weighted by Gasteiger charge is 2.41. The van der Waals surface area contributed by atoms with E-state index in [1.54, 1.807) is 25.5 Å². The molecule has 0 saturated carbocycles. The smallest absolute Gasteiger partial charge is 0.410 e. The van der Waals surface area contributed by atoms with Crippen LogP contribution in [0.1, 0.15) is 43.2 Å². The molecule has 0 bridgehead atoms. The molecule has 0 N–H and O–H groups in total. The normalized spacial score (nSPS) is 19.7. The molecule has 3 rings (SSSR count). The van der Waals surface area contributed by atoms with Gasteiger partial charge < -0.3 is 14.5 Å². The molecular formula is C16H22F2N4O3. The number of likely N-dealkylation sites (tertiary alicyclic amines) is 1. The van der Waals surface area contributed by atoms with Crippen LogP contribution >= 0.6 is 0 Å². The van der Waals surface area contributed by atoms with Crippen LogP contribution in [0.15, 0.2) is 6.20 Å². The number of halogens is 2. The van der Waals surface area contributed by atoms with Crippen LogP contribution in [0.25, 0.3) is 0 Å². The van der Waals surface area contributed by atoms with Crippen LogP contribution in [0, 0.1) is 0 Å². The minimum absolute atomic E-state index is 0.0201. The zero-order valence-electron chi connectivity index (χ0n) is 14.6. The Morgan fingerprint density at radius 2 is 1.92 bits per heavy atom. The molecular weight excluding hydrogens is 334 g/mol. The summed E-state index contributed by atoms with van der Waals surface area (Å²) in [5.74, 6) is -3.31. The van der Waals surface area contributed by atoms with Crippen molar-refractivity contribution in [3.8, 4) is 0 Å². The zero-order valence-corrected chi connectivity index (χ0v) is 14.6. The van der Waals surface area contributed by atoms with Crippen LogP contribution in [0.4, 0.5) is 13.6 Å². The van der Waals surface area contributed by atoms with Crippen molar-refractivity contribution in [1.29, 1.82) is 0 Å². The number of carbonyl (C=O) groups excluding carboxylic acids is 2. The van der Waals surface area contributed by atoms with Crippen LogP contribution < -0.4 is 0 Å². The number of hydrogen-bond acceptors (Lipinski definition) is 4. The van der Waals surface area contributed by atoms with Gasteiger partial charge in [0.15, 0.2) is 0 Å². The zero-order chi connectivity index (χ0) is 18.4. The lowest BCUT2D eigenvalue weighted by molar-refractivity contribution is 0.0119. The van der Waals surface area contributed by atoms with E-state index in [0.29, 0.717) is 18.8 Å². The summed E-state index contributed by atoms with van der Waals surface area (Å²) in [6.07, 6.45) is 0.602. The van der Waals surface area contributed by atoms with E-state index >= 15 is 0 Å². The Hall–Kier alpha value is -2.19. The second kappa shape index (κ2) is 5.96. The van der Waals surface area contributed by atoms with Gasteiger partial charge in [0.25, 0.3) is 11.8 Å². The van der Waals surface area contributed by atoms with Gasteiger partial charge in [0.05, 0.1) is 37.1 Å². The highest BCUT2D eigenvalue weighted by atomic mass is 19.3. The minimum Gasteiger partial charge on any atom is -0.444 e. The van der Waals surface area contributed by atoms with Gasteiger partial charge in [-0.2, -0.15) is 5.10 Å². The number of aromatic nitrogens is 2. The molecule has 0 unspecified atom stereocenters. The third kappa shape index (κ3) is 3.74. The van der Waals surface area contributed by atoms with Crippen molar-refractivity contribution < 1.29 is 23.1 Å². The Bertz CT molecular complexity index is 696. The second-order valence-electron chi connectivity index (χ2n) is 7.46. The fraction of sp³-hybridized carbons (Fsp3) is 0.688. The average molecular weight is 356 g/mol. The molecule has 2 amide bonds. The molecule has 1 saturated heterocycles. The van der Waals surface area contributed by atoms with Gasteiger partial charge in [-0.1, -0.05) is 0 Å². The van der Waals surface area contributed by atoms with Gasteiger partial charge in [0.1, 0.15) is 5.60 Å². The SMILES string of the molecule is CC(C)(C)OC(=O)N1CCn2ncc(C(=O)N3CCC(F)(F)C3)c2C1. The van der Waals surface area contributed by atoms with Crippen molar-refractivity contribution in [1.82, 2.24) is 19.6 Å². The molecule has 138 valence electrons. The lowest BCUT2D eigenvalue weighted by Crippen LogP contribution is -2.42. The van der Waals surface area contributed by atoms with Gasteiger partial charge in [-0.05, 0) is 20.8 Å². The van der Waals surface area contributed by atoms with Gasteiger partial charge in [0.2, 0.25) is 0 Å². The predicted octanol–water partition coefficient (Wildman–Crippen LogP) is 2.11. The summed E-state index contributed by atoms with van der Waals surface area (Å²) in [5.41, 5.74) is 0.206. The van der Waals surface area contributed by atoms with E-state index in [1.165, 1.54) is 11.1 Å². The van der Waals surface area contributed by atoms with Crippen LogP contribution in [0.3, 0.4) is 0 Å². The molecule has 9 heteroatoms. The maximum Gasteiger partial charge on any atom is 0.410 e. The molecule has 2 aliphatic rings. The Balaban J connectivity index is 1.75. The molecule has 0 aromatic carbocycles. The van der Waals surface area contributed by atoms with Gasteiger partial charge in [-0.25, -0.2) is 13.6 Å². The van der Waals surface area contributed by atoms with Crippen molar-refractivity contribution >= 4 is 12.0 Å². The summed E-state index contributed by atoms with van der Waals surface area (Å²) in [6.45, 7) is 5.79. The maximum absolute atomic E-state index is 13.4. The quantitative estimate of drug-likeness (QED) is 0.773. The maximum atomic E-state index is 13.4. The first-order valence-corrected chi connectivity index (χ1v) is 8.25. The summed E-state index contributed by atoms with van der Waals surface area (Å²) in [5, 5.41) is 4.16. The average Bonchev–Trinajstić information content (AvgIpc) is 3.07. The summed E-state index contributed by atoms with van der Waals surface area (Å²) >= 11 is 0. The Kier molecular flexibility index (Phi) is 4.20. The number of alkyl halides is 2. The number of hydrogen-bond donors (Lipinski definition) is 0. The third-order valence-corrected chi connectivity index (χ3v) is 4.21. The van der Waals surface area contributed by atoms with E-state index in [-0.39, 0.29) is 25.1 Å². The largest absolute Gasteiger partial charge is 0.444 e. The molecule has 1 aromatic heterocycles. The van der Waals surface area contributed by atoms with Crippen molar-refractivity contribution in [2.45, 2.75) is 51.8 Å². The summed E-state index contributed by atoms with van der Waals surface area (Å²) in [6, 6.07) is 0. The van der Waals surface area contributed by atoms with E-state index in [0.717, 1.165) is 4.90 Å². The lowest BCUT2D eigenvalue weighted by Gasteiger charge is -2.31. The van der Waals surface area contributed by atoms with Crippen LogP contribution in [-0.2, 0) is 17.8 Å². The molecule has 7 nitrogen and oxygen atoms in total. The molecule has 0 spiro atoms.